The van der Waals surface area contributed by atoms with Crippen LogP contribution in [0.4, 0.5) is 10.1 Å². The van der Waals surface area contributed by atoms with E-state index in [9.17, 15) is 12.8 Å². The molecule has 0 heterocycles. The van der Waals surface area contributed by atoms with Gasteiger partial charge in [-0.25, -0.2) is 12.8 Å². The van der Waals surface area contributed by atoms with Gasteiger partial charge in [-0.3, -0.25) is 4.72 Å². The highest BCUT2D eigenvalue weighted by molar-refractivity contribution is 7.92. The maximum atomic E-state index is 13.6. The van der Waals surface area contributed by atoms with Crippen LogP contribution in [0.25, 0.3) is 0 Å². The van der Waals surface area contributed by atoms with Crippen molar-refractivity contribution >= 4 is 15.7 Å². The van der Waals surface area contributed by atoms with Crippen LogP contribution < -0.4 is 9.46 Å². The summed E-state index contributed by atoms with van der Waals surface area (Å²) in [5.74, 6) is -0.720. The maximum Gasteiger partial charge on any atom is 0.262 e. The Balaban J connectivity index is 2.38. The van der Waals surface area contributed by atoms with E-state index in [0.29, 0.717) is 5.69 Å². The fourth-order valence-corrected chi connectivity index (χ4v) is 3.00. The van der Waals surface area contributed by atoms with Gasteiger partial charge in [0.2, 0.25) is 0 Å². The minimum absolute atomic E-state index is 0.000635. The second kappa shape index (κ2) is 5.73. The number of methoxy groups -OCH3 is 1. The maximum absolute atomic E-state index is 13.6. The summed E-state index contributed by atoms with van der Waals surface area (Å²) >= 11 is 0. The number of rotatable bonds is 4. The molecule has 0 fully saturated rings. The molecule has 0 aliphatic heterocycles. The molecule has 2 aromatic carbocycles. The van der Waals surface area contributed by atoms with E-state index in [4.69, 9.17) is 4.74 Å². The molecule has 0 aromatic heterocycles. The zero-order valence-electron chi connectivity index (χ0n) is 12.0. The minimum atomic E-state index is -3.85. The molecule has 0 amide bonds. The fraction of sp³-hybridized carbons (Fsp3) is 0.200. The van der Waals surface area contributed by atoms with Crippen LogP contribution in [-0.2, 0) is 10.0 Å². The molecule has 0 saturated carbocycles. The Labute approximate surface area is 123 Å². The summed E-state index contributed by atoms with van der Waals surface area (Å²) in [5, 5.41) is 0. The Morgan fingerprint density at radius 1 is 1.10 bits per heavy atom. The molecule has 6 heteroatoms. The predicted octanol–water partition coefficient (Wildman–Crippen LogP) is 3.25. The predicted molar refractivity (Wildman–Crippen MR) is 79.7 cm³/mol. The van der Waals surface area contributed by atoms with Gasteiger partial charge in [-0.1, -0.05) is 12.1 Å². The van der Waals surface area contributed by atoms with Gasteiger partial charge in [0.05, 0.1) is 17.7 Å². The third-order valence-electron chi connectivity index (χ3n) is 3.07. The zero-order chi connectivity index (χ0) is 15.6. The van der Waals surface area contributed by atoms with Gasteiger partial charge in [0.25, 0.3) is 10.0 Å². The van der Waals surface area contributed by atoms with Crippen molar-refractivity contribution in [2.45, 2.75) is 18.7 Å². The monoisotopic (exact) mass is 309 g/mol. The summed E-state index contributed by atoms with van der Waals surface area (Å²) in [4.78, 5) is -0.151. The summed E-state index contributed by atoms with van der Waals surface area (Å²) in [6.07, 6.45) is 0. The second-order valence-electron chi connectivity index (χ2n) is 4.72. The van der Waals surface area contributed by atoms with Crippen molar-refractivity contribution in [1.29, 1.82) is 0 Å². The summed E-state index contributed by atoms with van der Waals surface area (Å²) in [6.45, 7) is 3.66. The number of hydrogen-bond donors (Lipinski definition) is 1. The Bertz CT molecular complexity index is 772. The number of benzene rings is 2. The van der Waals surface area contributed by atoms with Crippen LogP contribution in [0.1, 0.15) is 11.1 Å². The Hall–Kier alpha value is -2.08. The number of hydrogen-bond acceptors (Lipinski definition) is 3. The number of aryl methyl sites for hydroxylation is 2. The molecule has 0 atom stereocenters. The molecule has 4 nitrogen and oxygen atoms in total. The Morgan fingerprint density at radius 2 is 1.81 bits per heavy atom. The van der Waals surface area contributed by atoms with Gasteiger partial charge in [-0.15, -0.1) is 0 Å². The molecule has 0 aliphatic rings. The lowest BCUT2D eigenvalue weighted by Crippen LogP contribution is -2.14. The molecule has 21 heavy (non-hydrogen) atoms. The van der Waals surface area contributed by atoms with Crippen LogP contribution in [0, 0.1) is 19.7 Å². The molecule has 0 unspecified atom stereocenters. The molecular formula is C15H16FNO3S. The molecule has 2 rings (SSSR count). The van der Waals surface area contributed by atoms with E-state index in [1.54, 1.807) is 13.0 Å². The average Bonchev–Trinajstić information content (AvgIpc) is 2.42. The fourth-order valence-electron chi connectivity index (χ4n) is 1.86. The first-order valence-electron chi connectivity index (χ1n) is 6.27. The van der Waals surface area contributed by atoms with E-state index in [2.05, 4.69) is 4.72 Å². The first-order chi connectivity index (χ1) is 9.83. The van der Waals surface area contributed by atoms with Crippen LogP contribution in [-0.4, -0.2) is 15.5 Å². The molecule has 112 valence electrons. The highest BCUT2D eigenvalue weighted by Gasteiger charge is 2.17. The number of sulfonamides is 1. The van der Waals surface area contributed by atoms with Crippen LogP contribution >= 0.6 is 0 Å². The largest absolute Gasteiger partial charge is 0.494 e. The summed E-state index contributed by atoms with van der Waals surface area (Å²) in [6, 6.07) is 8.96. The van der Waals surface area contributed by atoms with Crippen molar-refractivity contribution in [2.24, 2.45) is 0 Å². The standard InChI is InChI=1S/C15H16FNO3S/c1-10-4-5-11(2)14(8-10)17-21(18,19)12-6-7-15(20-3)13(16)9-12/h4-9,17H,1-3H3. The van der Waals surface area contributed by atoms with Crippen molar-refractivity contribution < 1.29 is 17.5 Å². The third kappa shape index (κ3) is 3.33. The van der Waals surface area contributed by atoms with Gasteiger partial charge in [0, 0.05) is 0 Å². The van der Waals surface area contributed by atoms with Crippen molar-refractivity contribution in [1.82, 2.24) is 0 Å². The van der Waals surface area contributed by atoms with Gasteiger partial charge < -0.3 is 4.74 Å². The molecule has 0 saturated heterocycles. The lowest BCUT2D eigenvalue weighted by molar-refractivity contribution is 0.385. The molecule has 0 radical (unpaired) electrons. The second-order valence-corrected chi connectivity index (χ2v) is 6.40. The Morgan fingerprint density at radius 3 is 2.43 bits per heavy atom. The quantitative estimate of drug-likeness (QED) is 0.943. The van der Waals surface area contributed by atoms with Gasteiger partial charge in [0.15, 0.2) is 11.6 Å². The number of ether oxygens (including phenoxy) is 1. The summed E-state index contributed by atoms with van der Waals surface area (Å²) in [7, 11) is -2.53. The molecule has 1 N–H and O–H groups in total. The van der Waals surface area contributed by atoms with Gasteiger partial charge in [-0.05, 0) is 49.2 Å². The molecule has 0 aliphatic carbocycles. The van der Waals surface area contributed by atoms with Crippen molar-refractivity contribution in [3.05, 3.63) is 53.3 Å². The van der Waals surface area contributed by atoms with E-state index in [1.165, 1.54) is 19.2 Å². The van der Waals surface area contributed by atoms with E-state index >= 15 is 0 Å². The lowest BCUT2D eigenvalue weighted by atomic mass is 10.1. The number of anilines is 1. The van der Waals surface area contributed by atoms with Gasteiger partial charge in [0.1, 0.15) is 0 Å². The summed E-state index contributed by atoms with van der Waals surface area (Å²) in [5.41, 5.74) is 2.20. The van der Waals surface area contributed by atoms with E-state index < -0.39 is 15.8 Å². The molecule has 2 aromatic rings. The first kappa shape index (κ1) is 15.3. The lowest BCUT2D eigenvalue weighted by Gasteiger charge is -2.12. The normalized spacial score (nSPS) is 11.2. The van der Waals surface area contributed by atoms with Gasteiger partial charge in [-0.2, -0.15) is 0 Å². The van der Waals surface area contributed by atoms with Crippen molar-refractivity contribution in [3.63, 3.8) is 0 Å². The average molecular weight is 309 g/mol. The molecule has 0 spiro atoms. The van der Waals surface area contributed by atoms with E-state index in [0.717, 1.165) is 17.2 Å². The number of halogens is 1. The summed E-state index contributed by atoms with van der Waals surface area (Å²) < 4.78 is 45.5. The minimum Gasteiger partial charge on any atom is -0.494 e. The van der Waals surface area contributed by atoms with Crippen LogP contribution in [0.15, 0.2) is 41.3 Å². The van der Waals surface area contributed by atoms with Crippen LogP contribution in [0.2, 0.25) is 0 Å². The Kier molecular flexibility index (Phi) is 4.18. The van der Waals surface area contributed by atoms with Crippen molar-refractivity contribution in [2.75, 3.05) is 11.8 Å². The molecule has 0 bridgehead atoms. The highest BCUT2D eigenvalue weighted by Crippen LogP contribution is 2.24. The van der Waals surface area contributed by atoms with E-state index in [1.807, 2.05) is 19.1 Å². The third-order valence-corrected chi connectivity index (χ3v) is 4.43. The van der Waals surface area contributed by atoms with Gasteiger partial charge >= 0.3 is 0 Å². The van der Waals surface area contributed by atoms with E-state index in [-0.39, 0.29) is 10.6 Å². The SMILES string of the molecule is COc1ccc(S(=O)(=O)Nc2cc(C)ccc2C)cc1F. The molecular weight excluding hydrogens is 293 g/mol. The zero-order valence-corrected chi connectivity index (χ0v) is 12.8. The van der Waals surface area contributed by atoms with Crippen LogP contribution in [0.3, 0.4) is 0 Å². The van der Waals surface area contributed by atoms with Crippen molar-refractivity contribution in [3.8, 4) is 5.75 Å². The smallest absolute Gasteiger partial charge is 0.262 e. The highest BCUT2D eigenvalue weighted by atomic mass is 32.2. The number of nitrogens with one attached hydrogen (secondary N) is 1. The first-order valence-corrected chi connectivity index (χ1v) is 7.75. The van der Waals surface area contributed by atoms with Crippen LogP contribution in [0.5, 0.6) is 5.75 Å². The topological polar surface area (TPSA) is 55.4 Å².